The van der Waals surface area contributed by atoms with Gasteiger partial charge in [-0.05, 0) is 37.5 Å². The third kappa shape index (κ3) is 5.84. The van der Waals surface area contributed by atoms with Crippen LogP contribution in [0.25, 0.3) is 0 Å². The largest absolute Gasteiger partial charge is 0.480 e. The number of carbonyl (C=O) groups is 1. The standard InChI is InChI=1S/C17H22N6O8S2/c1-2-7-18-15-20-16(22-17(21-15)23-8-3-4-12(23)14(24)25)19-11-9-10(32(26,27)28)5-6-13(11)33(29,30)31/h5-6,9,12H,2-4,7-8H2,1H3,(H,24,25)(H,26,27,28)(H,29,30,31)(H2,18,19,20,21,22). The molecule has 0 radical (unpaired) electrons. The minimum Gasteiger partial charge on any atom is -0.480 e. The molecular weight excluding hydrogens is 480 g/mol. The highest BCUT2D eigenvalue weighted by atomic mass is 32.2. The van der Waals surface area contributed by atoms with Crippen molar-refractivity contribution in [2.45, 2.75) is 42.0 Å². The second-order valence-electron chi connectivity index (χ2n) is 7.13. The molecule has 16 heteroatoms. The van der Waals surface area contributed by atoms with E-state index in [0.29, 0.717) is 32.4 Å². The highest BCUT2D eigenvalue weighted by molar-refractivity contribution is 7.86. The molecule has 1 saturated heterocycles. The second kappa shape index (κ2) is 9.42. The maximum absolute atomic E-state index is 11.8. The summed E-state index contributed by atoms with van der Waals surface area (Å²) in [7, 11) is -9.49. The summed E-state index contributed by atoms with van der Waals surface area (Å²) in [5.74, 6) is -1.22. The number of aliphatic carboxylic acids is 1. The van der Waals surface area contributed by atoms with Gasteiger partial charge >= 0.3 is 5.97 Å². The summed E-state index contributed by atoms with van der Waals surface area (Å²) in [5, 5.41) is 14.9. The molecular formula is C17H22N6O8S2. The highest BCUT2D eigenvalue weighted by Crippen LogP contribution is 2.29. The van der Waals surface area contributed by atoms with Gasteiger partial charge in [0.15, 0.2) is 0 Å². The summed E-state index contributed by atoms with van der Waals surface area (Å²) in [6.45, 7) is 2.73. The van der Waals surface area contributed by atoms with E-state index in [4.69, 9.17) is 0 Å². The van der Waals surface area contributed by atoms with Crippen LogP contribution in [0.3, 0.4) is 0 Å². The number of rotatable bonds is 9. The number of carboxylic acids is 1. The maximum atomic E-state index is 11.8. The molecule has 2 heterocycles. The zero-order chi connectivity index (χ0) is 24.4. The Morgan fingerprint density at radius 3 is 2.42 bits per heavy atom. The van der Waals surface area contributed by atoms with E-state index >= 15 is 0 Å². The molecule has 2 aromatic rings. The molecule has 1 aromatic carbocycles. The van der Waals surface area contributed by atoms with Gasteiger partial charge in [-0.1, -0.05) is 6.92 Å². The first-order chi connectivity index (χ1) is 15.4. The Labute approximate surface area is 189 Å². The Hall–Kier alpha value is -3.08. The molecule has 14 nitrogen and oxygen atoms in total. The smallest absolute Gasteiger partial charge is 0.326 e. The lowest BCUT2D eigenvalue weighted by Crippen LogP contribution is -2.37. The van der Waals surface area contributed by atoms with Crippen LogP contribution in [0.1, 0.15) is 26.2 Å². The van der Waals surface area contributed by atoms with Gasteiger partial charge in [0.25, 0.3) is 20.2 Å². The number of benzene rings is 1. The number of nitrogens with one attached hydrogen (secondary N) is 2. The highest BCUT2D eigenvalue weighted by Gasteiger charge is 2.33. The molecule has 0 aliphatic carbocycles. The molecule has 1 unspecified atom stereocenters. The van der Waals surface area contributed by atoms with E-state index in [-0.39, 0.29) is 17.8 Å². The van der Waals surface area contributed by atoms with E-state index in [1.165, 1.54) is 4.90 Å². The molecule has 180 valence electrons. The number of anilines is 4. The van der Waals surface area contributed by atoms with E-state index in [0.717, 1.165) is 18.2 Å². The van der Waals surface area contributed by atoms with E-state index in [9.17, 15) is 35.8 Å². The maximum Gasteiger partial charge on any atom is 0.326 e. The Balaban J connectivity index is 2.10. The Kier molecular flexibility index (Phi) is 7.01. The number of hydrogen-bond acceptors (Lipinski definition) is 11. The Bertz CT molecular complexity index is 1270. The Morgan fingerprint density at radius 2 is 1.82 bits per heavy atom. The summed E-state index contributed by atoms with van der Waals surface area (Å²) in [6, 6.07) is 1.52. The van der Waals surface area contributed by atoms with Crippen LogP contribution in [0.15, 0.2) is 28.0 Å². The molecule has 3 rings (SSSR count). The van der Waals surface area contributed by atoms with Gasteiger partial charge in [-0.25, -0.2) is 4.79 Å². The molecule has 1 aliphatic heterocycles. The Morgan fingerprint density at radius 1 is 1.12 bits per heavy atom. The van der Waals surface area contributed by atoms with Crippen molar-refractivity contribution in [3.8, 4) is 0 Å². The van der Waals surface area contributed by atoms with E-state index in [1.54, 1.807) is 0 Å². The van der Waals surface area contributed by atoms with Gasteiger partial charge in [-0.3, -0.25) is 9.11 Å². The van der Waals surface area contributed by atoms with Crippen LogP contribution in [-0.2, 0) is 25.0 Å². The van der Waals surface area contributed by atoms with Crippen molar-refractivity contribution in [3.05, 3.63) is 18.2 Å². The van der Waals surface area contributed by atoms with Crippen molar-refractivity contribution >= 4 is 49.7 Å². The van der Waals surface area contributed by atoms with E-state index < -0.39 is 47.7 Å². The minimum absolute atomic E-state index is 0.00958. The molecule has 1 aliphatic rings. The average Bonchev–Trinajstić information content (AvgIpc) is 3.21. The zero-order valence-corrected chi connectivity index (χ0v) is 19.0. The summed E-state index contributed by atoms with van der Waals surface area (Å²) >= 11 is 0. The molecule has 1 atom stereocenters. The molecule has 5 N–H and O–H groups in total. The van der Waals surface area contributed by atoms with Gasteiger partial charge in [0.1, 0.15) is 10.9 Å². The van der Waals surface area contributed by atoms with Gasteiger partial charge in [-0.2, -0.15) is 31.8 Å². The molecule has 0 spiro atoms. The molecule has 0 bridgehead atoms. The first-order valence-electron chi connectivity index (χ1n) is 9.75. The summed E-state index contributed by atoms with van der Waals surface area (Å²) in [5.41, 5.74) is -0.428. The average molecular weight is 503 g/mol. The van der Waals surface area contributed by atoms with Crippen LogP contribution in [-0.4, -0.2) is 71.1 Å². The van der Waals surface area contributed by atoms with Crippen molar-refractivity contribution in [1.29, 1.82) is 0 Å². The summed E-state index contributed by atoms with van der Waals surface area (Å²) in [4.78, 5) is 24.2. The van der Waals surface area contributed by atoms with Crippen LogP contribution >= 0.6 is 0 Å². The van der Waals surface area contributed by atoms with Gasteiger partial charge in [0, 0.05) is 13.1 Å². The summed E-state index contributed by atoms with van der Waals surface area (Å²) in [6.07, 6.45) is 1.69. The number of hydrogen-bond donors (Lipinski definition) is 5. The van der Waals surface area contributed by atoms with Crippen molar-refractivity contribution < 1.29 is 35.8 Å². The van der Waals surface area contributed by atoms with E-state index in [1.807, 2.05) is 6.92 Å². The third-order valence-electron chi connectivity index (χ3n) is 4.72. The number of aromatic nitrogens is 3. The van der Waals surface area contributed by atoms with Crippen molar-refractivity contribution in [2.24, 2.45) is 0 Å². The first kappa shape index (κ1) is 24.6. The van der Waals surface area contributed by atoms with Gasteiger partial charge in [-0.15, -0.1) is 0 Å². The zero-order valence-electron chi connectivity index (χ0n) is 17.3. The molecule has 0 saturated carbocycles. The molecule has 0 amide bonds. The van der Waals surface area contributed by atoms with Crippen LogP contribution < -0.4 is 15.5 Å². The topological polar surface area (TPSA) is 212 Å². The van der Waals surface area contributed by atoms with Gasteiger partial charge in [0.05, 0.1) is 10.6 Å². The van der Waals surface area contributed by atoms with Crippen LogP contribution in [0, 0.1) is 0 Å². The number of nitrogens with zero attached hydrogens (tertiary/aromatic N) is 4. The van der Waals surface area contributed by atoms with Crippen LogP contribution in [0.5, 0.6) is 0 Å². The minimum atomic E-state index is -4.80. The fourth-order valence-electron chi connectivity index (χ4n) is 3.24. The van der Waals surface area contributed by atoms with E-state index in [2.05, 4.69) is 25.6 Å². The van der Waals surface area contributed by atoms with Gasteiger partial charge < -0.3 is 20.6 Å². The van der Waals surface area contributed by atoms with Crippen LogP contribution in [0.4, 0.5) is 23.5 Å². The van der Waals surface area contributed by atoms with Crippen molar-refractivity contribution in [2.75, 3.05) is 28.6 Å². The molecule has 1 aromatic heterocycles. The predicted octanol–water partition coefficient (Wildman–Crippen LogP) is 0.984. The van der Waals surface area contributed by atoms with Gasteiger partial charge in [0.2, 0.25) is 17.8 Å². The fraction of sp³-hybridized carbons (Fsp3) is 0.412. The normalized spacial score (nSPS) is 16.6. The quantitative estimate of drug-likeness (QED) is 0.302. The SMILES string of the molecule is CCCNc1nc(Nc2cc(S(=O)(=O)O)ccc2S(=O)(=O)O)nc(N2CCCC2C(=O)O)n1. The lowest BCUT2D eigenvalue weighted by atomic mass is 10.2. The number of carboxylic acid groups (broad SMARTS) is 1. The predicted molar refractivity (Wildman–Crippen MR) is 116 cm³/mol. The van der Waals surface area contributed by atoms with Crippen molar-refractivity contribution in [1.82, 2.24) is 15.0 Å². The lowest BCUT2D eigenvalue weighted by Gasteiger charge is -2.22. The molecule has 1 fully saturated rings. The first-order valence-corrected chi connectivity index (χ1v) is 12.6. The lowest BCUT2D eigenvalue weighted by molar-refractivity contribution is -0.138. The third-order valence-corrected chi connectivity index (χ3v) is 6.49. The van der Waals surface area contributed by atoms with Crippen molar-refractivity contribution in [3.63, 3.8) is 0 Å². The second-order valence-corrected chi connectivity index (χ2v) is 9.94. The summed E-state index contributed by atoms with van der Waals surface area (Å²) < 4.78 is 65.4. The van der Waals surface area contributed by atoms with Crippen LogP contribution in [0.2, 0.25) is 0 Å². The fourth-order valence-corrected chi connectivity index (χ4v) is 4.38. The monoisotopic (exact) mass is 502 g/mol. The molecule has 33 heavy (non-hydrogen) atoms.